The summed E-state index contributed by atoms with van der Waals surface area (Å²) in [7, 11) is 0. The summed E-state index contributed by atoms with van der Waals surface area (Å²) in [5.74, 6) is -0.167. The maximum atomic E-state index is 13.4. The Morgan fingerprint density at radius 2 is 2.09 bits per heavy atom. The maximum absolute atomic E-state index is 13.4. The van der Waals surface area contributed by atoms with Crippen LogP contribution in [0.25, 0.3) is 0 Å². The molecule has 2 fully saturated rings. The molecule has 0 aromatic heterocycles. The Balaban J connectivity index is 1.61. The molecule has 0 amide bonds. The lowest BCUT2D eigenvalue weighted by atomic mass is 9.58. The zero-order valence-electron chi connectivity index (χ0n) is 13.5. The van der Waals surface area contributed by atoms with Gasteiger partial charge in [-0.1, -0.05) is 6.07 Å². The number of likely N-dealkylation sites (tertiary alicyclic amines) is 1. The average Bonchev–Trinajstić information content (AvgIpc) is 2.51. The minimum absolute atomic E-state index is 0.0382. The van der Waals surface area contributed by atoms with Crippen LogP contribution < -0.4 is 0 Å². The first-order valence-electron chi connectivity index (χ1n) is 8.32. The number of benzene rings is 1. The van der Waals surface area contributed by atoms with Gasteiger partial charge in [-0.2, -0.15) is 0 Å². The minimum atomic E-state index is -0.220. The summed E-state index contributed by atoms with van der Waals surface area (Å²) in [6.45, 7) is 7.43. The number of aliphatic hydroxyl groups excluding tert-OH is 1. The van der Waals surface area contributed by atoms with Crippen LogP contribution >= 0.6 is 0 Å². The van der Waals surface area contributed by atoms with E-state index in [0.29, 0.717) is 6.61 Å². The molecule has 2 atom stereocenters. The van der Waals surface area contributed by atoms with Crippen LogP contribution in [0.4, 0.5) is 4.39 Å². The number of halogens is 1. The third kappa shape index (κ3) is 2.80. The molecule has 1 aromatic carbocycles. The summed E-state index contributed by atoms with van der Waals surface area (Å²) in [4.78, 5) is 2.36. The van der Waals surface area contributed by atoms with Crippen LogP contribution in [0.1, 0.15) is 37.3 Å². The second-order valence-electron chi connectivity index (χ2n) is 6.78. The van der Waals surface area contributed by atoms with Crippen molar-refractivity contribution in [3.63, 3.8) is 0 Å². The first kappa shape index (κ1) is 15.9. The van der Waals surface area contributed by atoms with Crippen LogP contribution in [0.5, 0.6) is 0 Å². The molecule has 122 valence electrons. The highest BCUT2D eigenvalue weighted by atomic mass is 19.1. The molecule has 1 saturated carbocycles. The number of piperidine rings is 1. The van der Waals surface area contributed by atoms with Gasteiger partial charge < -0.3 is 9.84 Å². The van der Waals surface area contributed by atoms with E-state index in [1.54, 1.807) is 6.07 Å². The summed E-state index contributed by atoms with van der Waals surface area (Å²) in [5, 5.41) is 10.2. The second kappa shape index (κ2) is 6.26. The van der Waals surface area contributed by atoms with Crippen LogP contribution in [0.15, 0.2) is 18.2 Å². The number of hydrogen-bond acceptors (Lipinski definition) is 3. The van der Waals surface area contributed by atoms with Crippen molar-refractivity contribution in [1.82, 2.24) is 4.90 Å². The van der Waals surface area contributed by atoms with Gasteiger partial charge in [0.05, 0.1) is 12.2 Å². The Kier molecular flexibility index (Phi) is 4.53. The predicted octanol–water partition coefficient (Wildman–Crippen LogP) is 2.89. The van der Waals surface area contributed by atoms with Crippen molar-refractivity contribution >= 4 is 0 Å². The molecule has 2 aliphatic rings. The molecule has 1 N–H and O–H groups in total. The number of aliphatic hydroxyl groups is 1. The van der Waals surface area contributed by atoms with E-state index >= 15 is 0 Å². The zero-order valence-corrected chi connectivity index (χ0v) is 13.5. The monoisotopic (exact) mass is 307 g/mol. The Morgan fingerprint density at radius 1 is 1.36 bits per heavy atom. The van der Waals surface area contributed by atoms with Gasteiger partial charge in [-0.3, -0.25) is 4.90 Å². The molecule has 1 aliphatic carbocycles. The van der Waals surface area contributed by atoms with Crippen molar-refractivity contribution in [2.24, 2.45) is 5.41 Å². The average molecular weight is 307 g/mol. The van der Waals surface area contributed by atoms with E-state index in [4.69, 9.17) is 4.74 Å². The molecule has 3 rings (SSSR count). The van der Waals surface area contributed by atoms with E-state index in [0.717, 1.165) is 50.0 Å². The number of aryl methyl sites for hydroxylation is 1. The van der Waals surface area contributed by atoms with Crippen LogP contribution in [0.2, 0.25) is 0 Å². The lowest BCUT2D eigenvalue weighted by molar-refractivity contribution is -0.209. The number of ether oxygens (including phenoxy) is 1. The topological polar surface area (TPSA) is 32.7 Å². The molecule has 0 radical (unpaired) electrons. The van der Waals surface area contributed by atoms with Crippen molar-refractivity contribution in [3.8, 4) is 0 Å². The third-order valence-corrected chi connectivity index (χ3v) is 5.60. The Hall–Kier alpha value is -0.970. The van der Waals surface area contributed by atoms with Gasteiger partial charge in [-0.15, -0.1) is 0 Å². The SMILES string of the molecule is CCO[C@@H]1C[C@@H](O)C12CCN(Cc1cc(F)ccc1C)CC2. The standard InChI is InChI=1S/C18H26FNO2/c1-3-22-17-11-16(21)18(17)6-8-20(9-7-18)12-14-10-15(19)5-4-13(14)2/h4-5,10,16-17,21H,3,6-9,11-12H2,1-2H3/t16-,17-/m1/s1. The van der Waals surface area contributed by atoms with E-state index in [2.05, 4.69) is 4.90 Å². The summed E-state index contributed by atoms with van der Waals surface area (Å²) in [6.07, 6.45) is 2.70. The maximum Gasteiger partial charge on any atom is 0.123 e. The molecule has 3 nitrogen and oxygen atoms in total. The zero-order chi connectivity index (χ0) is 15.7. The van der Waals surface area contributed by atoms with Crippen molar-refractivity contribution in [3.05, 3.63) is 35.1 Å². The molecule has 0 bridgehead atoms. The van der Waals surface area contributed by atoms with E-state index in [1.165, 1.54) is 6.07 Å². The van der Waals surface area contributed by atoms with Gasteiger partial charge in [0.25, 0.3) is 0 Å². The molecule has 22 heavy (non-hydrogen) atoms. The van der Waals surface area contributed by atoms with Crippen molar-refractivity contribution < 1.29 is 14.2 Å². The molecular formula is C18H26FNO2. The molecule has 4 heteroatoms. The third-order valence-electron chi connectivity index (χ3n) is 5.60. The van der Waals surface area contributed by atoms with Gasteiger partial charge in [0.1, 0.15) is 5.82 Å². The fraction of sp³-hybridized carbons (Fsp3) is 0.667. The van der Waals surface area contributed by atoms with E-state index < -0.39 is 0 Å². The molecular weight excluding hydrogens is 281 g/mol. The molecule has 1 aliphatic heterocycles. The molecule has 1 saturated heterocycles. The fourth-order valence-corrected chi connectivity index (χ4v) is 4.00. The van der Waals surface area contributed by atoms with Crippen LogP contribution in [0, 0.1) is 18.2 Å². The highest BCUT2D eigenvalue weighted by Gasteiger charge is 2.55. The van der Waals surface area contributed by atoms with Crippen molar-refractivity contribution in [2.45, 2.75) is 51.9 Å². The van der Waals surface area contributed by atoms with Gasteiger partial charge in [0.2, 0.25) is 0 Å². The fourth-order valence-electron chi connectivity index (χ4n) is 4.00. The molecule has 1 aromatic rings. The van der Waals surface area contributed by atoms with Gasteiger partial charge in [0, 0.05) is 25.0 Å². The quantitative estimate of drug-likeness (QED) is 0.928. The van der Waals surface area contributed by atoms with Crippen LogP contribution in [-0.2, 0) is 11.3 Å². The molecule has 1 spiro atoms. The Labute approximate surface area is 132 Å². The van der Waals surface area contributed by atoms with Gasteiger partial charge in [-0.05, 0) is 63.0 Å². The summed E-state index contributed by atoms with van der Waals surface area (Å²) < 4.78 is 19.2. The Morgan fingerprint density at radius 3 is 2.73 bits per heavy atom. The largest absolute Gasteiger partial charge is 0.392 e. The minimum Gasteiger partial charge on any atom is -0.392 e. The summed E-state index contributed by atoms with van der Waals surface area (Å²) in [6, 6.07) is 5.00. The van der Waals surface area contributed by atoms with Crippen molar-refractivity contribution in [1.29, 1.82) is 0 Å². The lowest BCUT2D eigenvalue weighted by Crippen LogP contribution is -2.62. The van der Waals surface area contributed by atoms with Crippen molar-refractivity contribution in [2.75, 3.05) is 19.7 Å². The van der Waals surface area contributed by atoms with Gasteiger partial charge in [-0.25, -0.2) is 4.39 Å². The number of nitrogens with zero attached hydrogens (tertiary/aromatic N) is 1. The first-order valence-corrected chi connectivity index (χ1v) is 8.32. The summed E-state index contributed by atoms with van der Waals surface area (Å²) >= 11 is 0. The van der Waals surface area contributed by atoms with E-state index in [-0.39, 0.29) is 23.4 Å². The summed E-state index contributed by atoms with van der Waals surface area (Å²) in [5.41, 5.74) is 2.16. The van der Waals surface area contributed by atoms with E-state index in [9.17, 15) is 9.50 Å². The number of hydrogen-bond donors (Lipinski definition) is 1. The Bertz CT molecular complexity index is 524. The number of rotatable bonds is 4. The smallest absolute Gasteiger partial charge is 0.123 e. The van der Waals surface area contributed by atoms with Crippen LogP contribution in [0.3, 0.4) is 0 Å². The predicted molar refractivity (Wildman–Crippen MR) is 84.1 cm³/mol. The normalized spacial score (nSPS) is 27.8. The molecule has 1 heterocycles. The van der Waals surface area contributed by atoms with E-state index in [1.807, 2.05) is 19.9 Å². The van der Waals surface area contributed by atoms with Gasteiger partial charge >= 0.3 is 0 Å². The lowest BCUT2D eigenvalue weighted by Gasteiger charge is -2.56. The molecule has 0 unspecified atom stereocenters. The first-order chi connectivity index (χ1) is 10.5. The highest BCUT2D eigenvalue weighted by molar-refractivity contribution is 5.26. The highest BCUT2D eigenvalue weighted by Crippen LogP contribution is 2.51. The van der Waals surface area contributed by atoms with Crippen LogP contribution in [-0.4, -0.2) is 41.9 Å². The van der Waals surface area contributed by atoms with Gasteiger partial charge in [0.15, 0.2) is 0 Å². The second-order valence-corrected chi connectivity index (χ2v) is 6.78.